The van der Waals surface area contributed by atoms with Crippen LogP contribution in [0.3, 0.4) is 0 Å². The molecule has 3 heteroatoms. The molecule has 0 aliphatic rings. The Kier molecular flexibility index (Phi) is 4.85. The van der Waals surface area contributed by atoms with Crippen LogP contribution in [-0.4, -0.2) is 6.18 Å². The van der Waals surface area contributed by atoms with E-state index in [1.54, 1.807) is 0 Å². The molecule has 0 atom stereocenters. The molecule has 24 heavy (non-hydrogen) atoms. The number of halogens is 3. The molecule has 0 aliphatic carbocycles. The van der Waals surface area contributed by atoms with Crippen LogP contribution in [0.1, 0.15) is 41.7 Å². The van der Waals surface area contributed by atoms with Gasteiger partial charge >= 0.3 is 6.18 Å². The maximum atomic E-state index is 13.2. The van der Waals surface area contributed by atoms with Crippen molar-refractivity contribution < 1.29 is 13.2 Å². The largest absolute Gasteiger partial charge is 0.394 e. The predicted molar refractivity (Wildman–Crippen MR) is 94.4 cm³/mol. The number of benzene rings is 2. The first-order valence-corrected chi connectivity index (χ1v) is 8.16. The van der Waals surface area contributed by atoms with Crippen molar-refractivity contribution in [2.24, 2.45) is 5.41 Å². The zero-order chi connectivity index (χ0) is 18.3. The van der Waals surface area contributed by atoms with Crippen LogP contribution in [0.15, 0.2) is 30.3 Å². The lowest BCUT2D eigenvalue weighted by Crippen LogP contribution is -2.34. The van der Waals surface area contributed by atoms with Crippen LogP contribution in [0.2, 0.25) is 0 Å². The van der Waals surface area contributed by atoms with Crippen molar-refractivity contribution in [3.05, 3.63) is 58.1 Å². The van der Waals surface area contributed by atoms with Gasteiger partial charge in [0.05, 0.1) is 5.41 Å². The summed E-state index contributed by atoms with van der Waals surface area (Å²) in [5.74, 6) is 0. The van der Waals surface area contributed by atoms with Crippen molar-refractivity contribution in [2.75, 3.05) is 0 Å². The molecule has 0 N–H and O–H groups in total. The van der Waals surface area contributed by atoms with Crippen LogP contribution in [-0.2, 0) is 6.42 Å². The van der Waals surface area contributed by atoms with E-state index in [2.05, 4.69) is 32.0 Å². The first-order valence-electron chi connectivity index (χ1n) is 8.16. The number of hydrogen-bond acceptors (Lipinski definition) is 0. The zero-order valence-corrected chi connectivity index (χ0v) is 15.2. The Balaban J connectivity index is 2.46. The Labute approximate surface area is 142 Å². The fourth-order valence-corrected chi connectivity index (χ4v) is 3.34. The third kappa shape index (κ3) is 3.82. The van der Waals surface area contributed by atoms with Gasteiger partial charge in [0.15, 0.2) is 0 Å². The van der Waals surface area contributed by atoms with Gasteiger partial charge in [0.2, 0.25) is 0 Å². The Morgan fingerprint density at radius 2 is 1.21 bits per heavy atom. The van der Waals surface area contributed by atoms with Crippen LogP contribution in [0.5, 0.6) is 0 Å². The van der Waals surface area contributed by atoms with Gasteiger partial charge in [0.25, 0.3) is 0 Å². The van der Waals surface area contributed by atoms with Gasteiger partial charge in [-0.25, -0.2) is 0 Å². The maximum Gasteiger partial charge on any atom is 0.394 e. The topological polar surface area (TPSA) is 0 Å². The van der Waals surface area contributed by atoms with Crippen LogP contribution < -0.4 is 0 Å². The molecule has 0 bridgehead atoms. The molecule has 0 heterocycles. The normalized spacial score (nSPS) is 12.5. The standard InChI is InChI=1S/C21H25F3/c1-13-7-14(2)9-18(8-13)19-15(3)10-17(11-16(19)4)12-20(5,6)21(22,23)24/h7-11H,12H2,1-6H3. The number of hydrogen-bond donors (Lipinski definition) is 0. The third-order valence-corrected chi connectivity index (χ3v) is 4.52. The van der Waals surface area contributed by atoms with Crippen molar-refractivity contribution in [1.82, 2.24) is 0 Å². The van der Waals surface area contributed by atoms with Crippen molar-refractivity contribution >= 4 is 0 Å². The highest BCUT2D eigenvalue weighted by atomic mass is 19.4. The predicted octanol–water partition coefficient (Wildman–Crippen LogP) is 6.72. The lowest BCUT2D eigenvalue weighted by atomic mass is 9.83. The first-order chi connectivity index (χ1) is 10.9. The molecule has 0 unspecified atom stereocenters. The molecule has 0 saturated carbocycles. The lowest BCUT2D eigenvalue weighted by Gasteiger charge is -2.28. The van der Waals surface area contributed by atoms with E-state index < -0.39 is 11.6 Å². The van der Waals surface area contributed by atoms with E-state index in [4.69, 9.17) is 0 Å². The van der Waals surface area contributed by atoms with Gasteiger partial charge < -0.3 is 0 Å². The SMILES string of the molecule is Cc1cc(C)cc(-c2c(C)cc(CC(C)(C)C(F)(F)F)cc2C)c1. The van der Waals surface area contributed by atoms with Gasteiger partial charge in [-0.2, -0.15) is 13.2 Å². The fraction of sp³-hybridized carbons (Fsp3) is 0.429. The first kappa shape index (κ1) is 18.6. The van der Waals surface area contributed by atoms with Crippen molar-refractivity contribution in [2.45, 2.75) is 54.1 Å². The summed E-state index contributed by atoms with van der Waals surface area (Å²) in [5, 5.41) is 0. The summed E-state index contributed by atoms with van der Waals surface area (Å²) in [6.07, 6.45) is -4.22. The second-order valence-corrected chi connectivity index (χ2v) is 7.54. The molecular weight excluding hydrogens is 309 g/mol. The molecule has 0 nitrogen and oxygen atoms in total. The van der Waals surface area contributed by atoms with E-state index in [-0.39, 0.29) is 6.42 Å². The molecule has 130 valence electrons. The average Bonchev–Trinajstić information content (AvgIpc) is 2.34. The summed E-state index contributed by atoms with van der Waals surface area (Å²) in [5.41, 5.74) is 5.67. The van der Waals surface area contributed by atoms with E-state index in [0.29, 0.717) is 0 Å². The van der Waals surface area contributed by atoms with Crippen LogP contribution in [0.4, 0.5) is 13.2 Å². The Morgan fingerprint density at radius 3 is 1.62 bits per heavy atom. The molecule has 2 rings (SSSR count). The zero-order valence-electron chi connectivity index (χ0n) is 15.2. The van der Waals surface area contributed by atoms with Gasteiger partial charge in [0, 0.05) is 0 Å². The van der Waals surface area contributed by atoms with E-state index in [9.17, 15) is 13.2 Å². The molecule has 2 aromatic carbocycles. The summed E-state index contributed by atoms with van der Waals surface area (Å²) in [6.45, 7) is 10.6. The molecule has 0 radical (unpaired) electrons. The molecule has 0 aliphatic heterocycles. The molecule has 0 saturated heterocycles. The van der Waals surface area contributed by atoms with Crippen molar-refractivity contribution in [1.29, 1.82) is 0 Å². The molecule has 0 amide bonds. The van der Waals surface area contributed by atoms with Gasteiger partial charge in [-0.3, -0.25) is 0 Å². The Bertz CT molecular complexity index is 709. The highest BCUT2D eigenvalue weighted by Crippen LogP contribution is 2.41. The van der Waals surface area contributed by atoms with Crippen molar-refractivity contribution in [3.63, 3.8) is 0 Å². The van der Waals surface area contributed by atoms with Crippen molar-refractivity contribution in [3.8, 4) is 11.1 Å². The third-order valence-electron chi connectivity index (χ3n) is 4.52. The molecule has 2 aromatic rings. The fourth-order valence-electron chi connectivity index (χ4n) is 3.34. The van der Waals surface area contributed by atoms with E-state index in [1.165, 1.54) is 25.0 Å². The Morgan fingerprint density at radius 1 is 0.750 bits per heavy atom. The van der Waals surface area contributed by atoms with Gasteiger partial charge in [-0.15, -0.1) is 0 Å². The average molecular weight is 334 g/mol. The second-order valence-electron chi connectivity index (χ2n) is 7.54. The van der Waals surface area contributed by atoms with Gasteiger partial charge in [-0.05, 0) is 61.9 Å². The van der Waals surface area contributed by atoms with Gasteiger partial charge in [0.1, 0.15) is 0 Å². The lowest BCUT2D eigenvalue weighted by molar-refractivity contribution is -0.211. The highest BCUT2D eigenvalue weighted by Gasteiger charge is 2.47. The molecular formula is C21H25F3. The Hall–Kier alpha value is -1.77. The summed E-state index contributed by atoms with van der Waals surface area (Å²) in [4.78, 5) is 0. The van der Waals surface area contributed by atoms with Crippen LogP contribution in [0, 0.1) is 33.1 Å². The molecule has 0 fully saturated rings. The summed E-state index contributed by atoms with van der Waals surface area (Å²) < 4.78 is 39.5. The van der Waals surface area contributed by atoms with Crippen LogP contribution >= 0.6 is 0 Å². The number of aryl methyl sites for hydroxylation is 4. The second kappa shape index (κ2) is 6.27. The minimum atomic E-state index is -4.21. The van der Waals surface area contributed by atoms with E-state index >= 15 is 0 Å². The van der Waals surface area contributed by atoms with Crippen LogP contribution in [0.25, 0.3) is 11.1 Å². The minimum Gasteiger partial charge on any atom is -0.171 e. The molecule has 0 spiro atoms. The smallest absolute Gasteiger partial charge is 0.171 e. The monoisotopic (exact) mass is 334 g/mol. The van der Waals surface area contributed by atoms with E-state index in [1.807, 2.05) is 26.0 Å². The number of rotatable bonds is 3. The maximum absolute atomic E-state index is 13.2. The minimum absolute atomic E-state index is 0.00863. The summed E-state index contributed by atoms with van der Waals surface area (Å²) in [6, 6.07) is 10.2. The quantitative estimate of drug-likeness (QED) is 0.584. The summed E-state index contributed by atoms with van der Waals surface area (Å²) in [7, 11) is 0. The van der Waals surface area contributed by atoms with E-state index in [0.717, 1.165) is 27.8 Å². The van der Waals surface area contributed by atoms with Gasteiger partial charge in [-0.1, -0.05) is 55.3 Å². The highest BCUT2D eigenvalue weighted by molar-refractivity contribution is 5.72. The summed E-state index contributed by atoms with van der Waals surface area (Å²) >= 11 is 0. The molecule has 0 aromatic heterocycles. The number of alkyl halides is 3.